The Morgan fingerprint density at radius 3 is 2.64 bits per heavy atom. The molecule has 1 fully saturated rings. The molecule has 25 heavy (non-hydrogen) atoms. The topological polar surface area (TPSA) is 58.4 Å². The normalized spacial score (nSPS) is 15.2. The van der Waals surface area contributed by atoms with E-state index in [1.54, 1.807) is 27.9 Å². The van der Waals surface area contributed by atoms with Crippen molar-refractivity contribution >= 4 is 5.91 Å². The maximum atomic E-state index is 13.0. The average Bonchev–Trinajstić information content (AvgIpc) is 3.39. The quantitative estimate of drug-likeness (QED) is 0.839. The fourth-order valence-electron chi connectivity index (χ4n) is 2.99. The van der Waals surface area contributed by atoms with Crippen LogP contribution in [0.2, 0.25) is 0 Å². The van der Waals surface area contributed by atoms with Crippen LogP contribution in [0.1, 0.15) is 42.2 Å². The van der Waals surface area contributed by atoms with Crippen molar-refractivity contribution in [2.75, 3.05) is 6.54 Å². The minimum Gasteiger partial charge on any atom is -0.387 e. The Bertz CT molecular complexity index is 738. The average molecular weight is 345 g/mol. The lowest BCUT2D eigenvalue weighted by molar-refractivity contribution is -0.133. The van der Waals surface area contributed by atoms with Crippen molar-refractivity contribution in [2.45, 2.75) is 44.8 Å². The first-order valence-corrected chi connectivity index (χ1v) is 8.66. The standard InChI is InChI=1S/C19H24FN3O2/c1-13-15(11-21-22(13)2)5-10-19(25)23(17-8-9-17)12-18(24)14-3-6-16(20)7-4-14/h3-4,6-7,11,17-18,24H,5,8-10,12H2,1-2H3. The lowest BCUT2D eigenvalue weighted by atomic mass is 10.1. The van der Waals surface area contributed by atoms with Crippen molar-refractivity contribution in [3.8, 4) is 0 Å². The van der Waals surface area contributed by atoms with E-state index in [4.69, 9.17) is 0 Å². The highest BCUT2D eigenvalue weighted by atomic mass is 19.1. The van der Waals surface area contributed by atoms with Crippen molar-refractivity contribution < 1.29 is 14.3 Å². The van der Waals surface area contributed by atoms with Gasteiger partial charge in [0.2, 0.25) is 5.91 Å². The largest absolute Gasteiger partial charge is 0.387 e. The van der Waals surface area contributed by atoms with E-state index in [2.05, 4.69) is 5.10 Å². The molecule has 1 heterocycles. The lowest BCUT2D eigenvalue weighted by Crippen LogP contribution is -2.36. The van der Waals surface area contributed by atoms with Gasteiger partial charge in [-0.05, 0) is 49.4 Å². The van der Waals surface area contributed by atoms with Crippen LogP contribution in [0.3, 0.4) is 0 Å². The second-order valence-electron chi connectivity index (χ2n) is 6.72. The summed E-state index contributed by atoms with van der Waals surface area (Å²) in [5.41, 5.74) is 2.77. The second-order valence-corrected chi connectivity index (χ2v) is 6.72. The molecule has 0 aliphatic heterocycles. The molecule has 2 aromatic rings. The summed E-state index contributed by atoms with van der Waals surface area (Å²) >= 11 is 0. The molecule has 3 rings (SSSR count). The van der Waals surface area contributed by atoms with Gasteiger partial charge in [-0.15, -0.1) is 0 Å². The molecule has 0 spiro atoms. The van der Waals surface area contributed by atoms with Gasteiger partial charge >= 0.3 is 0 Å². The summed E-state index contributed by atoms with van der Waals surface area (Å²) in [5.74, 6) is -0.287. The molecular formula is C19H24FN3O2. The third-order valence-corrected chi connectivity index (χ3v) is 4.88. The summed E-state index contributed by atoms with van der Waals surface area (Å²) in [4.78, 5) is 14.4. The molecule has 1 aliphatic carbocycles. The number of nitrogens with zero attached hydrogens (tertiary/aromatic N) is 3. The van der Waals surface area contributed by atoms with Gasteiger partial charge in [0.1, 0.15) is 5.82 Å². The number of hydrogen-bond acceptors (Lipinski definition) is 3. The zero-order valence-corrected chi connectivity index (χ0v) is 14.7. The third kappa shape index (κ3) is 4.25. The Morgan fingerprint density at radius 2 is 2.08 bits per heavy atom. The van der Waals surface area contributed by atoms with Crippen molar-refractivity contribution in [1.82, 2.24) is 14.7 Å². The van der Waals surface area contributed by atoms with Gasteiger partial charge in [0.05, 0.1) is 18.8 Å². The van der Waals surface area contributed by atoms with E-state index in [-0.39, 0.29) is 24.3 Å². The number of aliphatic hydroxyl groups excluding tert-OH is 1. The van der Waals surface area contributed by atoms with Crippen LogP contribution in [-0.4, -0.2) is 38.3 Å². The minimum atomic E-state index is -0.801. The van der Waals surface area contributed by atoms with Crippen LogP contribution >= 0.6 is 0 Å². The Morgan fingerprint density at radius 1 is 1.40 bits per heavy atom. The van der Waals surface area contributed by atoms with Crippen molar-refractivity contribution in [1.29, 1.82) is 0 Å². The van der Waals surface area contributed by atoms with Crippen LogP contribution in [-0.2, 0) is 18.3 Å². The molecule has 1 atom stereocenters. The molecule has 1 N–H and O–H groups in total. The Kier molecular flexibility index (Phi) is 5.18. The summed E-state index contributed by atoms with van der Waals surface area (Å²) in [7, 11) is 1.89. The lowest BCUT2D eigenvalue weighted by Gasteiger charge is -2.25. The highest BCUT2D eigenvalue weighted by molar-refractivity contribution is 5.77. The maximum Gasteiger partial charge on any atom is 0.223 e. The van der Waals surface area contributed by atoms with Crippen LogP contribution in [0.4, 0.5) is 4.39 Å². The van der Waals surface area contributed by atoms with E-state index in [0.717, 1.165) is 24.1 Å². The molecule has 134 valence electrons. The van der Waals surface area contributed by atoms with E-state index >= 15 is 0 Å². The number of aliphatic hydroxyl groups is 1. The Hall–Kier alpha value is -2.21. The van der Waals surface area contributed by atoms with E-state index in [1.165, 1.54) is 12.1 Å². The molecule has 1 aliphatic rings. The van der Waals surface area contributed by atoms with Crippen molar-refractivity contribution in [3.05, 3.63) is 53.1 Å². The molecule has 6 heteroatoms. The monoisotopic (exact) mass is 345 g/mol. The van der Waals surface area contributed by atoms with Gasteiger partial charge in [-0.1, -0.05) is 12.1 Å². The van der Waals surface area contributed by atoms with Gasteiger partial charge in [0.25, 0.3) is 0 Å². The fraction of sp³-hybridized carbons (Fsp3) is 0.474. The first kappa shape index (κ1) is 17.6. The maximum absolute atomic E-state index is 13.0. The highest BCUT2D eigenvalue weighted by Crippen LogP contribution is 2.30. The fourth-order valence-corrected chi connectivity index (χ4v) is 2.99. The van der Waals surface area contributed by atoms with Crippen molar-refractivity contribution in [2.24, 2.45) is 7.05 Å². The number of rotatable bonds is 7. The van der Waals surface area contributed by atoms with E-state index in [9.17, 15) is 14.3 Å². The first-order valence-electron chi connectivity index (χ1n) is 8.66. The zero-order valence-electron chi connectivity index (χ0n) is 14.7. The molecular weight excluding hydrogens is 321 g/mol. The predicted octanol–water partition coefficient (Wildman–Crippen LogP) is 2.52. The number of hydrogen-bond donors (Lipinski definition) is 1. The summed E-state index contributed by atoms with van der Waals surface area (Å²) in [6.07, 6.45) is 4.01. The number of carbonyl (C=O) groups is 1. The zero-order chi connectivity index (χ0) is 18.0. The minimum absolute atomic E-state index is 0.0481. The molecule has 0 bridgehead atoms. The molecule has 0 radical (unpaired) electrons. The third-order valence-electron chi connectivity index (χ3n) is 4.88. The molecule has 1 aromatic heterocycles. The summed E-state index contributed by atoms with van der Waals surface area (Å²) in [6.45, 7) is 2.24. The molecule has 1 aromatic carbocycles. The van der Waals surface area contributed by atoms with Crippen LogP contribution in [0.5, 0.6) is 0 Å². The van der Waals surface area contributed by atoms with Crippen LogP contribution in [0.25, 0.3) is 0 Å². The number of benzene rings is 1. The SMILES string of the molecule is Cc1c(CCC(=O)N(CC(O)c2ccc(F)cc2)C2CC2)cnn1C. The Balaban J connectivity index is 1.61. The van der Waals surface area contributed by atoms with E-state index in [0.29, 0.717) is 18.4 Å². The van der Waals surface area contributed by atoms with Gasteiger partial charge in [-0.2, -0.15) is 5.10 Å². The number of carbonyl (C=O) groups excluding carboxylic acids is 1. The second kappa shape index (κ2) is 7.35. The molecule has 5 nitrogen and oxygen atoms in total. The van der Waals surface area contributed by atoms with E-state index < -0.39 is 6.10 Å². The summed E-state index contributed by atoms with van der Waals surface area (Å²) in [6, 6.07) is 6.00. The number of aryl methyl sites for hydroxylation is 2. The molecule has 1 saturated carbocycles. The molecule has 0 saturated heterocycles. The number of amides is 1. The molecule has 1 unspecified atom stereocenters. The van der Waals surface area contributed by atoms with Crippen LogP contribution < -0.4 is 0 Å². The number of aromatic nitrogens is 2. The van der Waals surface area contributed by atoms with Gasteiger partial charge in [0.15, 0.2) is 0 Å². The van der Waals surface area contributed by atoms with E-state index in [1.807, 2.05) is 14.0 Å². The first-order chi connectivity index (χ1) is 12.0. The van der Waals surface area contributed by atoms with Gasteiger partial charge in [-0.25, -0.2) is 4.39 Å². The Labute approximate surface area is 147 Å². The van der Waals surface area contributed by atoms with Gasteiger partial charge in [0, 0.05) is 25.2 Å². The van der Waals surface area contributed by atoms with Gasteiger partial charge < -0.3 is 10.0 Å². The highest BCUT2D eigenvalue weighted by Gasteiger charge is 2.33. The van der Waals surface area contributed by atoms with Gasteiger partial charge in [-0.3, -0.25) is 9.48 Å². The summed E-state index contributed by atoms with van der Waals surface area (Å²) < 4.78 is 14.8. The predicted molar refractivity (Wildman–Crippen MR) is 92.4 cm³/mol. The smallest absolute Gasteiger partial charge is 0.223 e. The number of halogens is 1. The molecule has 1 amide bonds. The van der Waals surface area contributed by atoms with Crippen molar-refractivity contribution in [3.63, 3.8) is 0 Å². The summed E-state index contributed by atoms with van der Waals surface area (Å²) in [5, 5.41) is 14.6. The van der Waals surface area contributed by atoms with Crippen LogP contribution in [0.15, 0.2) is 30.5 Å². The van der Waals surface area contributed by atoms with Crippen LogP contribution in [0, 0.1) is 12.7 Å².